The molecule has 3 aromatic carbocycles. The molecule has 5 rings (SSSR count). The molecule has 0 radical (unpaired) electrons. The van der Waals surface area contributed by atoms with Crippen LogP contribution in [0.15, 0.2) is 76.4 Å². The zero-order chi connectivity index (χ0) is 27.8. The first-order valence-electron chi connectivity index (χ1n) is 12.2. The highest BCUT2D eigenvalue weighted by Gasteiger charge is 2.50. The lowest BCUT2D eigenvalue weighted by molar-refractivity contribution is -0.149. The van der Waals surface area contributed by atoms with Crippen LogP contribution in [-0.2, 0) is 20.7 Å². The third-order valence-corrected chi connectivity index (χ3v) is 6.92. The van der Waals surface area contributed by atoms with Crippen LogP contribution in [0.5, 0.6) is 0 Å². The largest absolute Gasteiger partial charge is 0.480 e. The summed E-state index contributed by atoms with van der Waals surface area (Å²) in [6.07, 6.45) is -5.51. The van der Waals surface area contributed by atoms with E-state index in [0.29, 0.717) is 0 Å². The average Bonchev–Trinajstić information content (AvgIpc) is 3.20. The molecule has 1 aliphatic rings. The SMILES string of the molecule is NC(Cc1cc2ccccc2c2ccccc12)C(=O)NC(C(=O)O)[C@H]1O[C@@H](n2ccc(=O)[nH]c2=O)[C@H](O)[C@@H]1O. The number of ether oxygens (including phenoxy) is 1. The highest BCUT2D eigenvalue weighted by Crippen LogP contribution is 2.31. The Labute approximate surface area is 220 Å². The van der Waals surface area contributed by atoms with Crippen molar-refractivity contribution in [2.75, 3.05) is 0 Å². The molecule has 2 unspecified atom stereocenters. The topological polar surface area (TPSA) is 197 Å². The number of aliphatic hydroxyl groups excluding tert-OH is 2. The van der Waals surface area contributed by atoms with E-state index in [9.17, 15) is 34.5 Å². The fourth-order valence-electron chi connectivity index (χ4n) is 4.99. The predicted octanol–water partition coefficient (Wildman–Crippen LogP) is -0.398. The average molecular weight is 535 g/mol. The van der Waals surface area contributed by atoms with E-state index >= 15 is 0 Å². The summed E-state index contributed by atoms with van der Waals surface area (Å²) < 4.78 is 6.34. The van der Waals surface area contributed by atoms with Crippen molar-refractivity contribution < 1.29 is 29.6 Å². The Balaban J connectivity index is 1.37. The van der Waals surface area contributed by atoms with E-state index in [0.717, 1.165) is 43.9 Å². The van der Waals surface area contributed by atoms with Crippen LogP contribution < -0.4 is 22.3 Å². The number of nitrogens with two attached hydrogens (primary N) is 1. The lowest BCUT2D eigenvalue weighted by Gasteiger charge is -2.25. The van der Waals surface area contributed by atoms with E-state index < -0.39 is 59.7 Å². The molecular weight excluding hydrogens is 508 g/mol. The minimum absolute atomic E-state index is 0.0929. The number of aliphatic carboxylic acids is 1. The lowest BCUT2D eigenvalue weighted by Crippen LogP contribution is -2.56. The van der Waals surface area contributed by atoms with Crippen molar-refractivity contribution in [3.8, 4) is 0 Å². The van der Waals surface area contributed by atoms with E-state index in [4.69, 9.17) is 10.5 Å². The van der Waals surface area contributed by atoms with Gasteiger partial charge in [0.1, 0.15) is 18.3 Å². The van der Waals surface area contributed by atoms with Crippen molar-refractivity contribution in [3.05, 3.63) is 93.3 Å². The molecule has 4 aromatic rings. The summed E-state index contributed by atoms with van der Waals surface area (Å²) in [5.41, 5.74) is 5.38. The number of hydrogen-bond donors (Lipinski definition) is 6. The second kappa shape index (κ2) is 10.4. The molecule has 12 heteroatoms. The van der Waals surface area contributed by atoms with Crippen molar-refractivity contribution in [2.45, 2.75) is 43.0 Å². The number of nitrogens with one attached hydrogen (secondary N) is 2. The Morgan fingerprint density at radius 3 is 2.36 bits per heavy atom. The molecule has 12 nitrogen and oxygen atoms in total. The van der Waals surface area contributed by atoms with Crippen LogP contribution in [0.1, 0.15) is 11.8 Å². The second-order valence-electron chi connectivity index (χ2n) is 9.43. The number of aliphatic hydroxyl groups is 2. The number of carbonyl (C=O) groups is 2. The number of rotatable bonds is 7. The van der Waals surface area contributed by atoms with Gasteiger partial charge in [-0.2, -0.15) is 0 Å². The van der Waals surface area contributed by atoms with E-state index in [1.54, 1.807) is 0 Å². The van der Waals surface area contributed by atoms with Crippen molar-refractivity contribution in [1.29, 1.82) is 0 Å². The number of H-pyrrole nitrogens is 1. The van der Waals surface area contributed by atoms with Gasteiger partial charge in [0.25, 0.3) is 5.56 Å². The van der Waals surface area contributed by atoms with Crippen LogP contribution in [0.2, 0.25) is 0 Å². The summed E-state index contributed by atoms with van der Waals surface area (Å²) in [5, 5.41) is 37.0. The first-order valence-corrected chi connectivity index (χ1v) is 12.2. The number of benzene rings is 3. The summed E-state index contributed by atoms with van der Waals surface area (Å²) in [4.78, 5) is 50.6. The molecule has 1 aliphatic heterocycles. The molecule has 0 aliphatic carbocycles. The summed E-state index contributed by atoms with van der Waals surface area (Å²) >= 11 is 0. The van der Waals surface area contributed by atoms with E-state index in [2.05, 4.69) is 5.32 Å². The Bertz CT molecular complexity index is 1680. The third-order valence-electron chi connectivity index (χ3n) is 6.92. The summed E-state index contributed by atoms with van der Waals surface area (Å²) in [7, 11) is 0. The van der Waals surface area contributed by atoms with Gasteiger partial charge < -0.3 is 31.1 Å². The molecule has 1 saturated heterocycles. The minimum Gasteiger partial charge on any atom is -0.480 e. The van der Waals surface area contributed by atoms with Gasteiger partial charge in [0.2, 0.25) is 5.91 Å². The van der Waals surface area contributed by atoms with Crippen LogP contribution in [0, 0.1) is 0 Å². The highest BCUT2D eigenvalue weighted by molar-refractivity contribution is 6.09. The number of fused-ring (bicyclic) bond motifs is 3. The fraction of sp³-hybridized carbons (Fsp3) is 0.259. The number of carboxylic acid groups (broad SMARTS) is 1. The van der Waals surface area contributed by atoms with E-state index in [1.807, 2.05) is 59.6 Å². The summed E-state index contributed by atoms with van der Waals surface area (Å²) in [6.45, 7) is 0. The number of carbonyl (C=O) groups excluding carboxylic acids is 1. The number of amides is 1. The maximum absolute atomic E-state index is 13.1. The van der Waals surface area contributed by atoms with Crippen LogP contribution in [0.3, 0.4) is 0 Å². The molecule has 1 fully saturated rings. The maximum Gasteiger partial charge on any atom is 0.330 e. The van der Waals surface area contributed by atoms with Crippen LogP contribution in [0.4, 0.5) is 0 Å². The van der Waals surface area contributed by atoms with E-state index in [1.165, 1.54) is 0 Å². The number of aromatic nitrogens is 2. The first kappa shape index (κ1) is 26.3. The Hall–Kier alpha value is -4.36. The fourth-order valence-corrected chi connectivity index (χ4v) is 4.99. The van der Waals surface area contributed by atoms with Gasteiger partial charge in [-0.1, -0.05) is 54.6 Å². The maximum atomic E-state index is 13.1. The highest BCUT2D eigenvalue weighted by atomic mass is 16.6. The van der Waals surface area contributed by atoms with Crippen LogP contribution in [0.25, 0.3) is 21.5 Å². The molecule has 202 valence electrons. The van der Waals surface area contributed by atoms with Gasteiger partial charge in [-0.05, 0) is 33.5 Å². The first-order chi connectivity index (χ1) is 18.7. The molecule has 0 spiro atoms. The normalized spacial score (nSPS) is 22.5. The quantitative estimate of drug-likeness (QED) is 0.171. The van der Waals surface area contributed by atoms with Gasteiger partial charge in [0.15, 0.2) is 12.3 Å². The smallest absolute Gasteiger partial charge is 0.330 e. The Morgan fingerprint density at radius 1 is 1.00 bits per heavy atom. The summed E-state index contributed by atoms with van der Waals surface area (Å²) in [6, 6.07) is 15.5. The molecule has 0 bridgehead atoms. The van der Waals surface area contributed by atoms with Gasteiger partial charge in [-0.15, -0.1) is 0 Å². The molecule has 1 aromatic heterocycles. The molecular formula is C27H26N4O8. The molecule has 2 heterocycles. The molecule has 7 N–H and O–H groups in total. The number of carboxylic acids is 1. The molecule has 6 atom stereocenters. The van der Waals surface area contributed by atoms with Gasteiger partial charge in [-0.25, -0.2) is 9.59 Å². The molecule has 0 saturated carbocycles. The molecule has 1 amide bonds. The Kier molecular flexibility index (Phi) is 7.02. The monoisotopic (exact) mass is 534 g/mol. The number of nitrogens with zero attached hydrogens (tertiary/aromatic N) is 1. The number of aromatic amines is 1. The van der Waals surface area contributed by atoms with Crippen LogP contribution in [-0.4, -0.2) is 67.1 Å². The minimum atomic E-state index is -1.80. The van der Waals surface area contributed by atoms with Gasteiger partial charge in [0.05, 0.1) is 6.04 Å². The zero-order valence-electron chi connectivity index (χ0n) is 20.4. The van der Waals surface area contributed by atoms with Gasteiger partial charge in [-0.3, -0.25) is 19.1 Å². The molecule has 39 heavy (non-hydrogen) atoms. The van der Waals surface area contributed by atoms with Crippen molar-refractivity contribution >= 4 is 33.4 Å². The van der Waals surface area contributed by atoms with Crippen LogP contribution >= 0.6 is 0 Å². The van der Waals surface area contributed by atoms with Gasteiger partial charge >= 0.3 is 11.7 Å². The third kappa shape index (κ3) is 4.93. The van der Waals surface area contributed by atoms with Crippen molar-refractivity contribution in [2.24, 2.45) is 5.73 Å². The second-order valence-corrected chi connectivity index (χ2v) is 9.43. The van der Waals surface area contributed by atoms with Crippen molar-refractivity contribution in [3.63, 3.8) is 0 Å². The standard InChI is InChI=1S/C27H26N4O8/c28-18(12-14-11-13-5-1-2-6-15(13)17-8-4-3-7-16(14)17)24(35)30-20(26(36)37)23-21(33)22(34)25(39-23)31-10-9-19(32)29-27(31)38/h1-11,18,20-23,25,33-34H,12,28H2,(H,30,35)(H,36,37)(H,29,32,38)/t18?,20?,21-,22+,23+,25+/m0/s1. The Morgan fingerprint density at radius 2 is 1.67 bits per heavy atom. The number of hydrogen-bond acceptors (Lipinski definition) is 8. The van der Waals surface area contributed by atoms with Crippen molar-refractivity contribution in [1.82, 2.24) is 14.9 Å². The zero-order valence-corrected chi connectivity index (χ0v) is 20.4. The lowest BCUT2D eigenvalue weighted by atomic mass is 9.93. The summed E-state index contributed by atoms with van der Waals surface area (Å²) in [5.74, 6) is -2.35. The van der Waals surface area contributed by atoms with Gasteiger partial charge in [0, 0.05) is 12.3 Å². The predicted molar refractivity (Wildman–Crippen MR) is 140 cm³/mol. The van der Waals surface area contributed by atoms with E-state index in [-0.39, 0.29) is 6.42 Å².